The van der Waals surface area contributed by atoms with E-state index in [9.17, 15) is 18.0 Å². The van der Waals surface area contributed by atoms with Crippen molar-refractivity contribution in [2.45, 2.75) is 17.7 Å². The van der Waals surface area contributed by atoms with Crippen LogP contribution in [0.25, 0.3) is 0 Å². The van der Waals surface area contributed by atoms with Gasteiger partial charge in [0.15, 0.2) is 0 Å². The molecule has 1 aliphatic rings. The maximum Gasteiger partial charge on any atom is 0.305 e. The third-order valence-corrected chi connectivity index (χ3v) is 4.72. The van der Waals surface area contributed by atoms with Gasteiger partial charge in [-0.2, -0.15) is 0 Å². The van der Waals surface area contributed by atoms with Gasteiger partial charge in [-0.05, 0) is 18.6 Å². The summed E-state index contributed by atoms with van der Waals surface area (Å²) in [5, 5.41) is 0. The highest BCUT2D eigenvalue weighted by atomic mass is 32.2. The quantitative estimate of drug-likeness (QED) is 0.763. The highest BCUT2D eigenvalue weighted by Gasteiger charge is 2.40. The zero-order valence-corrected chi connectivity index (χ0v) is 11.1. The van der Waals surface area contributed by atoms with Crippen LogP contribution < -0.4 is 0 Å². The van der Waals surface area contributed by atoms with Crippen molar-refractivity contribution in [2.24, 2.45) is 0 Å². The molecule has 0 aliphatic carbocycles. The van der Waals surface area contributed by atoms with Gasteiger partial charge in [-0.25, -0.2) is 12.7 Å². The predicted molar refractivity (Wildman–Crippen MR) is 65.9 cm³/mol. The number of nitrogens with zero attached hydrogens (tertiary/aromatic N) is 1. The number of sulfonamides is 1. The van der Waals surface area contributed by atoms with E-state index < -0.39 is 21.9 Å². The molecule has 0 radical (unpaired) electrons. The van der Waals surface area contributed by atoms with Crippen molar-refractivity contribution in [1.82, 2.24) is 4.31 Å². The van der Waals surface area contributed by atoms with Crippen LogP contribution in [0, 0.1) is 0 Å². The first-order valence-corrected chi connectivity index (χ1v) is 7.15. The Morgan fingerprint density at radius 2 is 2.00 bits per heavy atom. The first-order chi connectivity index (χ1) is 8.98. The molecule has 1 aromatic rings. The molecule has 1 heterocycles. The zero-order valence-electron chi connectivity index (χ0n) is 10.3. The molecule has 0 fully saturated rings. The average molecular weight is 283 g/mol. The first-order valence-electron chi connectivity index (χ1n) is 5.71. The van der Waals surface area contributed by atoms with Crippen LogP contribution in [0.1, 0.15) is 23.2 Å². The number of benzene rings is 1. The minimum Gasteiger partial charge on any atom is -0.469 e. The van der Waals surface area contributed by atoms with Gasteiger partial charge in [-0.1, -0.05) is 12.1 Å². The van der Waals surface area contributed by atoms with Gasteiger partial charge < -0.3 is 4.74 Å². The lowest BCUT2D eigenvalue weighted by atomic mass is 10.2. The molecule has 102 valence electrons. The molecule has 0 saturated carbocycles. The van der Waals surface area contributed by atoms with Crippen molar-refractivity contribution >= 4 is 21.9 Å². The Morgan fingerprint density at radius 1 is 1.32 bits per heavy atom. The molecule has 0 saturated heterocycles. The Kier molecular flexibility index (Phi) is 3.57. The van der Waals surface area contributed by atoms with Crippen molar-refractivity contribution in [3.05, 3.63) is 29.8 Å². The van der Waals surface area contributed by atoms with Gasteiger partial charge in [-0.3, -0.25) is 9.59 Å². The SMILES string of the molecule is COC(=O)CCCN1C(=O)c2ccccc2S1(=O)=O. The van der Waals surface area contributed by atoms with E-state index in [1.54, 1.807) is 12.1 Å². The summed E-state index contributed by atoms with van der Waals surface area (Å²) in [5.74, 6) is -0.970. The summed E-state index contributed by atoms with van der Waals surface area (Å²) in [6.45, 7) is -0.0229. The van der Waals surface area contributed by atoms with Crippen LogP contribution in [0.2, 0.25) is 0 Å². The van der Waals surface area contributed by atoms with Gasteiger partial charge in [0.1, 0.15) is 4.90 Å². The largest absolute Gasteiger partial charge is 0.469 e. The standard InChI is InChI=1S/C12H13NO5S/c1-18-11(14)7-4-8-13-12(15)9-5-2-3-6-10(9)19(13,16)17/h2-3,5-6H,4,7-8H2,1H3. The Labute approximate surface area is 111 Å². The number of fused-ring (bicyclic) bond motifs is 1. The Morgan fingerprint density at radius 3 is 2.63 bits per heavy atom. The highest BCUT2D eigenvalue weighted by Crippen LogP contribution is 2.29. The molecule has 2 rings (SSSR count). The fourth-order valence-corrected chi connectivity index (χ4v) is 3.53. The molecule has 0 aromatic heterocycles. The minimum absolute atomic E-state index is 0.0229. The average Bonchev–Trinajstić information content (AvgIpc) is 2.60. The van der Waals surface area contributed by atoms with Gasteiger partial charge in [0.25, 0.3) is 15.9 Å². The third kappa shape index (κ3) is 2.33. The molecule has 6 nitrogen and oxygen atoms in total. The maximum atomic E-state index is 12.1. The first kappa shape index (κ1) is 13.5. The van der Waals surface area contributed by atoms with Gasteiger partial charge >= 0.3 is 5.97 Å². The van der Waals surface area contributed by atoms with E-state index in [-0.39, 0.29) is 29.8 Å². The van der Waals surface area contributed by atoms with Crippen molar-refractivity contribution < 1.29 is 22.7 Å². The van der Waals surface area contributed by atoms with E-state index in [1.165, 1.54) is 19.2 Å². The highest BCUT2D eigenvalue weighted by molar-refractivity contribution is 7.90. The molecule has 19 heavy (non-hydrogen) atoms. The molecule has 7 heteroatoms. The van der Waals surface area contributed by atoms with Crippen LogP contribution in [-0.2, 0) is 19.6 Å². The summed E-state index contributed by atoms with van der Waals surface area (Å²) in [5.41, 5.74) is 0.181. The van der Waals surface area contributed by atoms with Crippen LogP contribution in [0.15, 0.2) is 29.2 Å². The van der Waals surface area contributed by atoms with E-state index >= 15 is 0 Å². The van der Waals surface area contributed by atoms with Crippen LogP contribution in [-0.4, -0.2) is 38.3 Å². The second kappa shape index (κ2) is 5.00. The lowest BCUT2D eigenvalue weighted by Gasteiger charge is -2.14. The molecule has 0 atom stereocenters. The van der Waals surface area contributed by atoms with Crippen LogP contribution in [0.4, 0.5) is 0 Å². The van der Waals surface area contributed by atoms with Gasteiger partial charge in [0.2, 0.25) is 0 Å². The molecular formula is C12H13NO5S. The summed E-state index contributed by atoms with van der Waals surface area (Å²) in [6, 6.07) is 6.07. The monoisotopic (exact) mass is 283 g/mol. The van der Waals surface area contributed by atoms with Crippen molar-refractivity contribution in [2.75, 3.05) is 13.7 Å². The third-order valence-electron chi connectivity index (χ3n) is 2.88. The second-order valence-corrected chi connectivity index (χ2v) is 5.89. The summed E-state index contributed by atoms with van der Waals surface area (Å²) < 4.78 is 29.5. The summed E-state index contributed by atoms with van der Waals surface area (Å²) >= 11 is 0. The number of methoxy groups -OCH3 is 1. The Hall–Kier alpha value is -1.89. The van der Waals surface area contributed by atoms with Crippen LogP contribution in [0.5, 0.6) is 0 Å². The normalized spacial score (nSPS) is 16.3. The van der Waals surface area contributed by atoms with Crippen molar-refractivity contribution in [3.63, 3.8) is 0 Å². The number of esters is 1. The molecule has 1 aromatic carbocycles. The fourth-order valence-electron chi connectivity index (χ4n) is 1.92. The second-order valence-electron chi connectivity index (χ2n) is 4.06. The fraction of sp³-hybridized carbons (Fsp3) is 0.333. The number of rotatable bonds is 4. The minimum atomic E-state index is -3.77. The number of carbonyl (C=O) groups excluding carboxylic acids is 2. The summed E-state index contributed by atoms with van der Waals surface area (Å²) in [4.78, 5) is 23.0. The number of amides is 1. The number of hydrogen-bond donors (Lipinski definition) is 0. The molecule has 1 aliphatic heterocycles. The molecule has 0 N–H and O–H groups in total. The molecular weight excluding hydrogens is 270 g/mol. The van der Waals surface area contributed by atoms with E-state index in [4.69, 9.17) is 0 Å². The van der Waals surface area contributed by atoms with Gasteiger partial charge in [0.05, 0.1) is 12.7 Å². The molecule has 1 amide bonds. The molecule has 0 bridgehead atoms. The maximum absolute atomic E-state index is 12.1. The number of ether oxygens (including phenoxy) is 1. The summed E-state index contributed by atoms with van der Waals surface area (Å²) in [6.07, 6.45) is 0.317. The Bertz CT molecular complexity index is 623. The van der Waals surface area contributed by atoms with Crippen LogP contribution in [0.3, 0.4) is 0 Å². The summed E-state index contributed by atoms with van der Waals surface area (Å²) in [7, 11) is -2.51. The molecule has 0 unspecified atom stereocenters. The Balaban J connectivity index is 2.17. The van der Waals surface area contributed by atoms with Gasteiger partial charge in [0, 0.05) is 13.0 Å². The number of carbonyl (C=O) groups is 2. The topological polar surface area (TPSA) is 80.8 Å². The predicted octanol–water partition coefficient (Wildman–Crippen LogP) is 0.784. The lowest BCUT2D eigenvalue weighted by molar-refractivity contribution is -0.140. The number of hydrogen-bond acceptors (Lipinski definition) is 5. The smallest absolute Gasteiger partial charge is 0.305 e. The van der Waals surface area contributed by atoms with Crippen molar-refractivity contribution in [3.8, 4) is 0 Å². The van der Waals surface area contributed by atoms with Crippen molar-refractivity contribution in [1.29, 1.82) is 0 Å². The van der Waals surface area contributed by atoms with E-state index in [1.807, 2.05) is 0 Å². The van der Waals surface area contributed by atoms with Crippen LogP contribution >= 0.6 is 0 Å². The van der Waals surface area contributed by atoms with E-state index in [0.29, 0.717) is 0 Å². The zero-order chi connectivity index (χ0) is 14.0. The van der Waals surface area contributed by atoms with E-state index in [0.717, 1.165) is 4.31 Å². The van der Waals surface area contributed by atoms with E-state index in [2.05, 4.69) is 4.74 Å². The molecule has 0 spiro atoms. The van der Waals surface area contributed by atoms with Gasteiger partial charge in [-0.15, -0.1) is 0 Å². The lowest BCUT2D eigenvalue weighted by Crippen LogP contribution is -2.31.